The van der Waals surface area contributed by atoms with Crippen molar-refractivity contribution in [2.24, 2.45) is 0 Å². The van der Waals surface area contributed by atoms with E-state index in [1.54, 1.807) is 6.92 Å². The number of likely N-dealkylation sites (N-methyl/N-ethyl adjacent to an activating group) is 1. The molecule has 0 amide bonds. The minimum atomic E-state index is -3.05. The van der Waals surface area contributed by atoms with Gasteiger partial charge in [0.05, 0.1) is 10.9 Å². The van der Waals surface area contributed by atoms with Crippen LogP contribution >= 0.6 is 0 Å². The summed E-state index contributed by atoms with van der Waals surface area (Å²) >= 11 is 0. The summed E-state index contributed by atoms with van der Waals surface area (Å²) in [6.07, 6.45) is 2.88. The van der Waals surface area contributed by atoms with E-state index in [4.69, 9.17) is 0 Å². The van der Waals surface area contributed by atoms with Crippen molar-refractivity contribution in [1.82, 2.24) is 15.1 Å². The number of hydrogen-bond donors (Lipinski definition) is 1. The maximum absolute atomic E-state index is 11.8. The van der Waals surface area contributed by atoms with Gasteiger partial charge in [0, 0.05) is 31.0 Å². The summed E-state index contributed by atoms with van der Waals surface area (Å²) in [5, 5.41) is 7.41. The molecule has 1 N–H and O–H groups in total. The Morgan fingerprint density at radius 3 is 2.45 bits per heavy atom. The van der Waals surface area contributed by atoms with Gasteiger partial charge < -0.3 is 5.32 Å². The average Bonchev–Trinajstić information content (AvgIpc) is 2.78. The molecule has 6 heteroatoms. The maximum atomic E-state index is 11.8. The molecule has 2 unspecified atom stereocenters. The molecule has 0 fully saturated rings. The van der Waals surface area contributed by atoms with Gasteiger partial charge in [0.25, 0.3) is 0 Å². The quantitative estimate of drug-likeness (QED) is 0.789. The standard InChI is InChI=1S/C14H27N3O2S/c1-6-12-9-13(17(8-3)16-12)10-14(15-7-2)11(4)20(5,18)19/h9,11,14-15H,6-8,10H2,1-5H3. The van der Waals surface area contributed by atoms with Crippen LogP contribution in [0.15, 0.2) is 6.07 Å². The van der Waals surface area contributed by atoms with E-state index in [2.05, 4.69) is 30.3 Å². The lowest BCUT2D eigenvalue weighted by Crippen LogP contribution is -2.44. The highest BCUT2D eigenvalue weighted by Gasteiger charge is 2.26. The van der Waals surface area contributed by atoms with Crippen molar-refractivity contribution < 1.29 is 8.42 Å². The molecule has 0 saturated heterocycles. The second kappa shape index (κ2) is 7.22. The summed E-state index contributed by atoms with van der Waals surface area (Å²) in [6.45, 7) is 9.46. The monoisotopic (exact) mass is 301 g/mol. The number of sulfone groups is 1. The van der Waals surface area contributed by atoms with Crippen LogP contribution in [0.1, 0.15) is 39.1 Å². The zero-order valence-electron chi connectivity index (χ0n) is 13.2. The highest BCUT2D eigenvalue weighted by molar-refractivity contribution is 7.91. The second-order valence-corrected chi connectivity index (χ2v) is 7.60. The Kier molecular flexibility index (Phi) is 6.20. The first-order chi connectivity index (χ1) is 9.33. The Morgan fingerprint density at radius 2 is 2.00 bits per heavy atom. The number of hydrogen-bond acceptors (Lipinski definition) is 4. The van der Waals surface area contributed by atoms with Crippen molar-refractivity contribution in [3.05, 3.63) is 17.5 Å². The third kappa shape index (κ3) is 4.31. The number of aryl methyl sites for hydroxylation is 2. The molecule has 0 spiro atoms. The third-order valence-electron chi connectivity index (χ3n) is 3.71. The molecule has 1 aromatic heterocycles. The Hall–Kier alpha value is -0.880. The summed E-state index contributed by atoms with van der Waals surface area (Å²) in [7, 11) is -3.05. The van der Waals surface area contributed by atoms with E-state index in [0.717, 1.165) is 30.9 Å². The number of rotatable bonds is 8. The predicted molar refractivity (Wildman–Crippen MR) is 82.8 cm³/mol. The average molecular weight is 301 g/mol. The van der Waals surface area contributed by atoms with E-state index in [0.29, 0.717) is 6.42 Å². The molecule has 0 aliphatic heterocycles. The molecule has 1 heterocycles. The summed E-state index contributed by atoms with van der Waals surface area (Å²) in [6, 6.07) is 2.00. The Morgan fingerprint density at radius 1 is 1.35 bits per heavy atom. The van der Waals surface area contributed by atoms with E-state index < -0.39 is 15.1 Å². The van der Waals surface area contributed by atoms with Crippen molar-refractivity contribution >= 4 is 9.84 Å². The van der Waals surface area contributed by atoms with E-state index in [1.807, 2.05) is 11.6 Å². The normalized spacial score (nSPS) is 15.2. The Labute approximate surface area is 122 Å². The van der Waals surface area contributed by atoms with Crippen LogP contribution in [0.3, 0.4) is 0 Å². The lowest BCUT2D eigenvalue weighted by atomic mass is 10.1. The van der Waals surface area contributed by atoms with Gasteiger partial charge in [-0.15, -0.1) is 0 Å². The Balaban J connectivity index is 2.98. The SMILES string of the molecule is CCNC(Cc1cc(CC)nn1CC)C(C)S(C)(=O)=O. The lowest BCUT2D eigenvalue weighted by Gasteiger charge is -2.23. The zero-order valence-corrected chi connectivity index (χ0v) is 14.0. The molecular weight excluding hydrogens is 274 g/mol. The first kappa shape index (κ1) is 17.2. The van der Waals surface area contributed by atoms with Gasteiger partial charge in [0.2, 0.25) is 0 Å². The smallest absolute Gasteiger partial charge is 0.151 e. The van der Waals surface area contributed by atoms with Gasteiger partial charge in [-0.25, -0.2) is 8.42 Å². The zero-order chi connectivity index (χ0) is 15.3. The first-order valence-electron chi connectivity index (χ1n) is 7.31. The van der Waals surface area contributed by atoms with Crippen molar-refractivity contribution in [3.63, 3.8) is 0 Å². The van der Waals surface area contributed by atoms with Gasteiger partial charge in [0.15, 0.2) is 9.84 Å². The first-order valence-corrected chi connectivity index (χ1v) is 9.26. The van der Waals surface area contributed by atoms with E-state index >= 15 is 0 Å². The lowest BCUT2D eigenvalue weighted by molar-refractivity contribution is 0.476. The summed E-state index contributed by atoms with van der Waals surface area (Å²) in [4.78, 5) is 0. The molecular formula is C14H27N3O2S. The van der Waals surface area contributed by atoms with Crippen LogP contribution in [0.25, 0.3) is 0 Å². The van der Waals surface area contributed by atoms with Crippen LogP contribution in [0, 0.1) is 0 Å². The van der Waals surface area contributed by atoms with Gasteiger partial charge >= 0.3 is 0 Å². The fourth-order valence-corrected chi connectivity index (χ4v) is 3.11. The van der Waals surface area contributed by atoms with Gasteiger partial charge in [0.1, 0.15) is 0 Å². The molecule has 1 rings (SSSR count). The largest absolute Gasteiger partial charge is 0.313 e. The topological polar surface area (TPSA) is 64.0 Å². The number of nitrogens with one attached hydrogen (secondary N) is 1. The third-order valence-corrected chi connectivity index (χ3v) is 5.39. The molecule has 116 valence electrons. The molecule has 0 bridgehead atoms. The number of nitrogens with zero attached hydrogens (tertiary/aromatic N) is 2. The van der Waals surface area contributed by atoms with E-state index in [1.165, 1.54) is 6.26 Å². The molecule has 2 atom stereocenters. The van der Waals surface area contributed by atoms with Gasteiger partial charge in [-0.1, -0.05) is 13.8 Å². The fraction of sp³-hybridized carbons (Fsp3) is 0.786. The molecule has 0 aromatic carbocycles. The van der Waals surface area contributed by atoms with Crippen LogP contribution < -0.4 is 5.32 Å². The van der Waals surface area contributed by atoms with E-state index in [-0.39, 0.29) is 6.04 Å². The van der Waals surface area contributed by atoms with E-state index in [9.17, 15) is 8.42 Å². The highest BCUT2D eigenvalue weighted by atomic mass is 32.2. The van der Waals surface area contributed by atoms with Crippen LogP contribution in [0.4, 0.5) is 0 Å². The second-order valence-electron chi connectivity index (χ2n) is 5.20. The van der Waals surface area contributed by atoms with Gasteiger partial charge in [-0.2, -0.15) is 5.10 Å². The predicted octanol–water partition coefficient (Wildman–Crippen LogP) is 1.42. The minimum absolute atomic E-state index is 0.0818. The van der Waals surface area contributed by atoms with Crippen molar-refractivity contribution in [2.45, 2.75) is 58.4 Å². The summed E-state index contributed by atoms with van der Waals surface area (Å²) in [5.74, 6) is 0. The highest BCUT2D eigenvalue weighted by Crippen LogP contribution is 2.13. The van der Waals surface area contributed by atoms with Crippen LogP contribution in [-0.4, -0.2) is 42.3 Å². The van der Waals surface area contributed by atoms with Crippen molar-refractivity contribution in [2.75, 3.05) is 12.8 Å². The minimum Gasteiger partial charge on any atom is -0.313 e. The van der Waals surface area contributed by atoms with Crippen LogP contribution in [0.2, 0.25) is 0 Å². The van der Waals surface area contributed by atoms with Crippen LogP contribution in [0.5, 0.6) is 0 Å². The molecule has 0 aliphatic rings. The molecule has 20 heavy (non-hydrogen) atoms. The number of aromatic nitrogens is 2. The molecule has 0 saturated carbocycles. The van der Waals surface area contributed by atoms with Gasteiger partial charge in [-0.3, -0.25) is 4.68 Å². The molecule has 5 nitrogen and oxygen atoms in total. The Bertz CT molecular complexity index is 523. The van der Waals surface area contributed by atoms with Crippen molar-refractivity contribution in [3.8, 4) is 0 Å². The summed E-state index contributed by atoms with van der Waals surface area (Å²) < 4.78 is 25.6. The van der Waals surface area contributed by atoms with Crippen LogP contribution in [-0.2, 0) is 29.2 Å². The maximum Gasteiger partial charge on any atom is 0.151 e. The molecule has 1 aromatic rings. The fourth-order valence-electron chi connectivity index (χ4n) is 2.32. The molecule has 0 radical (unpaired) electrons. The molecule has 0 aliphatic carbocycles. The summed E-state index contributed by atoms with van der Waals surface area (Å²) in [5.41, 5.74) is 2.16. The van der Waals surface area contributed by atoms with Gasteiger partial charge in [-0.05, 0) is 32.9 Å². The van der Waals surface area contributed by atoms with Crippen molar-refractivity contribution in [1.29, 1.82) is 0 Å².